The molecule has 0 aromatic carbocycles. The molecule has 1 aromatic rings. The Labute approximate surface area is 243 Å². The van der Waals surface area contributed by atoms with E-state index >= 15 is 0 Å². The maximum Gasteiger partial charge on any atom is 0.330 e. The van der Waals surface area contributed by atoms with Crippen LogP contribution in [-0.2, 0) is 22.8 Å². The zero-order valence-electron chi connectivity index (χ0n) is 27.5. The summed E-state index contributed by atoms with van der Waals surface area (Å²) < 4.78 is 28.6. The highest BCUT2D eigenvalue weighted by atomic mass is 28.4. The first-order valence-electron chi connectivity index (χ1n) is 14.2. The molecule has 12 heteroatoms. The van der Waals surface area contributed by atoms with E-state index in [4.69, 9.17) is 18.0 Å². The minimum atomic E-state index is -2.50. The summed E-state index contributed by atoms with van der Waals surface area (Å²) in [6, 6.07) is 1.27. The van der Waals surface area contributed by atoms with Gasteiger partial charge in [-0.3, -0.25) is 19.1 Å². The predicted molar refractivity (Wildman–Crippen MR) is 168 cm³/mol. The van der Waals surface area contributed by atoms with Crippen molar-refractivity contribution in [2.24, 2.45) is 0 Å². The number of carbonyl (C=O) groups excluding carboxylic acids is 1. The molecular weight excluding hydrogens is 561 g/mol. The molecule has 230 valence electrons. The molecule has 1 aliphatic rings. The van der Waals surface area contributed by atoms with Crippen molar-refractivity contribution >= 4 is 31.2 Å². The topological polar surface area (TPSA) is 109 Å². The van der Waals surface area contributed by atoms with Crippen LogP contribution < -0.4 is 11.2 Å². The van der Waals surface area contributed by atoms with Crippen molar-refractivity contribution in [3.8, 4) is 0 Å². The van der Waals surface area contributed by atoms with E-state index < -0.39 is 60.2 Å². The van der Waals surface area contributed by atoms with Crippen LogP contribution in [-0.4, -0.2) is 65.2 Å². The van der Waals surface area contributed by atoms with Gasteiger partial charge in [-0.25, -0.2) is 4.79 Å². The molecule has 1 fully saturated rings. The summed E-state index contributed by atoms with van der Waals surface area (Å²) in [5.74, 6) is 0. The fourth-order valence-corrected chi connectivity index (χ4v) is 7.30. The number of aromatic amines is 1. The number of hydrogen-bond acceptors (Lipinski definition) is 7. The normalized spacial score (nSPS) is 25.3. The minimum absolute atomic E-state index is 0.0295. The van der Waals surface area contributed by atoms with Crippen LogP contribution in [0.25, 0.3) is 0 Å². The van der Waals surface area contributed by atoms with Crippen molar-refractivity contribution < 1.29 is 22.8 Å². The van der Waals surface area contributed by atoms with E-state index in [2.05, 4.69) is 107 Å². The van der Waals surface area contributed by atoms with Gasteiger partial charge in [0.2, 0.25) is 0 Å². The van der Waals surface area contributed by atoms with Crippen molar-refractivity contribution in [2.45, 2.75) is 141 Å². The second-order valence-corrected chi connectivity index (χ2v) is 30.1. The minimum Gasteiger partial charge on any atom is -0.413 e. The average Bonchev–Trinajstić information content (AvgIpc) is 3.02. The zero-order valence-corrected chi connectivity index (χ0v) is 30.5. The van der Waals surface area contributed by atoms with Gasteiger partial charge in [0.15, 0.2) is 43.1 Å². The fourth-order valence-electron chi connectivity index (χ4n) is 3.68. The molecule has 40 heavy (non-hydrogen) atoms. The summed E-state index contributed by atoms with van der Waals surface area (Å²) in [4.78, 5) is 40.5. The number of aromatic nitrogens is 2. The van der Waals surface area contributed by atoms with E-state index in [-0.39, 0.29) is 21.7 Å². The first kappa shape index (κ1) is 35.0. The van der Waals surface area contributed by atoms with Crippen molar-refractivity contribution in [1.82, 2.24) is 9.55 Å². The Bertz CT molecular complexity index is 1170. The molecule has 0 aliphatic carbocycles. The van der Waals surface area contributed by atoms with Gasteiger partial charge in [0.05, 0.1) is 6.61 Å². The van der Waals surface area contributed by atoms with Crippen molar-refractivity contribution in [3.05, 3.63) is 33.1 Å². The molecule has 1 N–H and O–H groups in total. The molecule has 1 aromatic heterocycles. The lowest BCUT2D eigenvalue weighted by Gasteiger charge is -2.46. The van der Waals surface area contributed by atoms with E-state index in [0.717, 1.165) is 6.29 Å². The predicted octanol–water partition coefficient (Wildman–Crippen LogP) is 5.81. The number of carbonyl (C=O) groups is 1. The van der Waals surface area contributed by atoms with Gasteiger partial charge in [-0.05, 0) is 54.4 Å². The Morgan fingerprint density at radius 3 is 1.77 bits per heavy atom. The van der Waals surface area contributed by atoms with Crippen molar-refractivity contribution in [2.75, 3.05) is 6.61 Å². The molecule has 1 aliphatic heterocycles. The maximum atomic E-state index is 13.2. The largest absolute Gasteiger partial charge is 0.413 e. The fraction of sp³-hybridized carbons (Fsp3) is 0.821. The van der Waals surface area contributed by atoms with E-state index in [9.17, 15) is 14.4 Å². The molecule has 2 rings (SSSR count). The van der Waals surface area contributed by atoms with E-state index in [1.54, 1.807) is 0 Å². The summed E-state index contributed by atoms with van der Waals surface area (Å²) in [5, 5.41) is -0.437. The molecule has 0 radical (unpaired) electrons. The van der Waals surface area contributed by atoms with Gasteiger partial charge in [0.1, 0.15) is 12.2 Å². The van der Waals surface area contributed by atoms with Gasteiger partial charge < -0.3 is 18.0 Å². The summed E-state index contributed by atoms with van der Waals surface area (Å²) in [5.41, 5.74) is -2.68. The highest BCUT2D eigenvalue weighted by Gasteiger charge is 2.62. The van der Waals surface area contributed by atoms with Crippen LogP contribution >= 0.6 is 0 Å². The molecule has 4 atom stereocenters. The lowest BCUT2D eigenvalue weighted by atomic mass is 9.98. The van der Waals surface area contributed by atoms with Crippen LogP contribution in [0.4, 0.5) is 0 Å². The van der Waals surface area contributed by atoms with E-state index in [0.29, 0.717) is 0 Å². The third-order valence-electron chi connectivity index (χ3n) is 9.66. The Hall–Kier alpha value is -1.16. The maximum absolute atomic E-state index is 13.2. The van der Waals surface area contributed by atoms with Gasteiger partial charge >= 0.3 is 5.69 Å². The Kier molecular flexibility index (Phi) is 9.78. The first-order valence-corrected chi connectivity index (χ1v) is 22.9. The molecular formula is C28H54N2O7Si3. The number of ether oxygens (including phenoxy) is 1. The molecule has 0 bridgehead atoms. The van der Waals surface area contributed by atoms with Gasteiger partial charge in [-0.2, -0.15) is 0 Å². The number of hydrogen-bond donors (Lipinski definition) is 1. The number of nitrogens with zero attached hydrogens (tertiary/aromatic N) is 1. The standard InChI is InChI=1S/C28H54N2O7Si3/c1-25(2,3)38(10,11)34-19-28(18-31)22(37-40(14,15)27(7,8)9)21(36-39(12,13)26(4,5)6)23(35-28)30-17-16-20(32)29-24(30)33/h16-18,21-23H,19H2,1-15H3,(H,29,32,33)/t21-,22-,23-,28-/m1/s1. The van der Waals surface area contributed by atoms with Crippen LogP contribution in [0.3, 0.4) is 0 Å². The quantitative estimate of drug-likeness (QED) is 0.276. The monoisotopic (exact) mass is 614 g/mol. The number of rotatable bonds is 9. The van der Waals surface area contributed by atoms with Gasteiger partial charge in [0, 0.05) is 12.3 Å². The van der Waals surface area contributed by atoms with E-state index in [1.807, 2.05) is 0 Å². The Morgan fingerprint density at radius 1 is 0.875 bits per heavy atom. The molecule has 0 spiro atoms. The van der Waals surface area contributed by atoms with Crippen molar-refractivity contribution in [3.63, 3.8) is 0 Å². The van der Waals surface area contributed by atoms with Gasteiger partial charge in [-0.15, -0.1) is 0 Å². The third kappa shape index (κ3) is 7.07. The van der Waals surface area contributed by atoms with Crippen LogP contribution in [0.5, 0.6) is 0 Å². The summed E-state index contributed by atoms with van der Waals surface area (Å²) in [6.45, 7) is 31.9. The second-order valence-electron chi connectivity index (χ2n) is 15.8. The number of H-pyrrole nitrogens is 1. The molecule has 2 heterocycles. The molecule has 9 nitrogen and oxygen atoms in total. The highest BCUT2D eigenvalue weighted by molar-refractivity contribution is 6.75. The number of nitrogens with one attached hydrogen (secondary N) is 1. The third-order valence-corrected chi connectivity index (χ3v) is 23.1. The first-order chi connectivity index (χ1) is 17.7. The smallest absolute Gasteiger partial charge is 0.330 e. The van der Waals surface area contributed by atoms with Gasteiger partial charge in [-0.1, -0.05) is 62.3 Å². The molecule has 0 unspecified atom stereocenters. The average molecular weight is 615 g/mol. The SMILES string of the molecule is CC(C)(C)[Si](C)(C)OC[C@@]1(C=O)O[C@@H](n2ccc(=O)[nH]c2=O)[C@H](O[Si](C)(C)C(C)(C)C)[C@H]1O[Si](C)(C)C(C)(C)C. The lowest BCUT2D eigenvalue weighted by Crippen LogP contribution is -2.59. The second kappa shape index (κ2) is 11.2. The summed E-state index contributed by atoms with van der Waals surface area (Å²) in [6.07, 6.45) is -0.481. The highest BCUT2D eigenvalue weighted by Crippen LogP contribution is 2.49. The summed E-state index contributed by atoms with van der Waals surface area (Å²) in [7, 11) is -7.29. The Balaban J connectivity index is 2.82. The lowest BCUT2D eigenvalue weighted by molar-refractivity contribution is -0.149. The zero-order chi connectivity index (χ0) is 31.3. The Morgan fingerprint density at radius 2 is 1.35 bits per heavy atom. The van der Waals surface area contributed by atoms with Gasteiger partial charge in [0.25, 0.3) is 5.56 Å². The molecule has 1 saturated heterocycles. The number of aldehydes is 1. The summed E-state index contributed by atoms with van der Waals surface area (Å²) >= 11 is 0. The van der Waals surface area contributed by atoms with Crippen LogP contribution in [0.1, 0.15) is 68.5 Å². The van der Waals surface area contributed by atoms with Crippen LogP contribution in [0.2, 0.25) is 54.4 Å². The van der Waals surface area contributed by atoms with Crippen LogP contribution in [0, 0.1) is 0 Å². The van der Waals surface area contributed by atoms with E-state index in [1.165, 1.54) is 16.8 Å². The molecule has 0 amide bonds. The van der Waals surface area contributed by atoms with Crippen molar-refractivity contribution in [1.29, 1.82) is 0 Å². The van der Waals surface area contributed by atoms with Crippen LogP contribution in [0.15, 0.2) is 21.9 Å². The molecule has 0 saturated carbocycles.